The van der Waals surface area contributed by atoms with Crippen LogP contribution in [0.1, 0.15) is 12.8 Å². The zero-order chi connectivity index (χ0) is 13.1. The minimum Gasteiger partial charge on any atom is -0.506 e. The Morgan fingerprint density at radius 2 is 2.33 bits per heavy atom. The van der Waals surface area contributed by atoms with Crippen molar-refractivity contribution in [2.45, 2.75) is 18.9 Å². The van der Waals surface area contributed by atoms with Gasteiger partial charge in [-0.25, -0.2) is 0 Å². The van der Waals surface area contributed by atoms with Gasteiger partial charge in [0.05, 0.1) is 16.7 Å². The average molecular weight is 252 g/mol. The zero-order valence-electron chi connectivity index (χ0n) is 9.46. The maximum atomic E-state index is 11.7. The number of anilines is 1. The van der Waals surface area contributed by atoms with Crippen LogP contribution in [0.2, 0.25) is 0 Å². The van der Waals surface area contributed by atoms with Gasteiger partial charge in [0.25, 0.3) is 11.6 Å². The predicted octanol–water partition coefficient (Wildman–Crippen LogP) is 1.42. The molecule has 0 spiro atoms. The van der Waals surface area contributed by atoms with Crippen molar-refractivity contribution < 1.29 is 19.6 Å². The number of nitrogens with zero attached hydrogens (tertiary/aromatic N) is 1. The molecule has 1 heterocycles. The van der Waals surface area contributed by atoms with E-state index in [1.807, 2.05) is 0 Å². The standard InChI is InChI=1S/C11H12N2O5/c14-9-6-7(13(16)17)3-4-8(9)12-11(15)10-2-1-5-18-10/h3-4,6,10,14H,1-2,5H2,(H,12,15)/t10-/m1/s1. The summed E-state index contributed by atoms with van der Waals surface area (Å²) in [5.41, 5.74) is -0.0938. The second-order valence-corrected chi connectivity index (χ2v) is 3.95. The van der Waals surface area contributed by atoms with Crippen LogP contribution < -0.4 is 5.32 Å². The summed E-state index contributed by atoms with van der Waals surface area (Å²) in [5, 5.41) is 22.5. The molecule has 2 rings (SSSR count). The van der Waals surface area contributed by atoms with E-state index in [2.05, 4.69) is 5.32 Å². The van der Waals surface area contributed by atoms with Crippen LogP contribution in [0.25, 0.3) is 0 Å². The van der Waals surface area contributed by atoms with Crippen LogP contribution in [0.3, 0.4) is 0 Å². The monoisotopic (exact) mass is 252 g/mol. The lowest BCUT2D eigenvalue weighted by Gasteiger charge is -2.11. The van der Waals surface area contributed by atoms with E-state index in [0.29, 0.717) is 13.0 Å². The van der Waals surface area contributed by atoms with Gasteiger partial charge in [-0.15, -0.1) is 0 Å². The number of rotatable bonds is 3. The number of non-ortho nitro benzene ring substituents is 1. The number of aromatic hydroxyl groups is 1. The van der Waals surface area contributed by atoms with Crippen molar-refractivity contribution in [1.82, 2.24) is 0 Å². The van der Waals surface area contributed by atoms with Crippen LogP contribution in [0, 0.1) is 10.1 Å². The van der Waals surface area contributed by atoms with Crippen molar-refractivity contribution in [1.29, 1.82) is 0 Å². The van der Waals surface area contributed by atoms with E-state index in [4.69, 9.17) is 4.74 Å². The lowest BCUT2D eigenvalue weighted by Crippen LogP contribution is -2.26. The molecule has 0 unspecified atom stereocenters. The summed E-state index contributed by atoms with van der Waals surface area (Å²) in [6.45, 7) is 0.546. The van der Waals surface area contributed by atoms with E-state index >= 15 is 0 Å². The first-order chi connectivity index (χ1) is 8.58. The summed E-state index contributed by atoms with van der Waals surface area (Å²) in [6, 6.07) is 3.50. The molecule has 7 heteroatoms. The summed E-state index contributed by atoms with van der Waals surface area (Å²) in [5.74, 6) is -0.688. The molecule has 1 atom stereocenters. The molecule has 0 aliphatic carbocycles. The Bertz CT molecular complexity index is 482. The quantitative estimate of drug-likeness (QED) is 0.481. The first-order valence-electron chi connectivity index (χ1n) is 5.48. The molecular formula is C11H12N2O5. The molecule has 1 fully saturated rings. The maximum absolute atomic E-state index is 11.7. The number of carbonyl (C=O) groups excluding carboxylic acids is 1. The number of nitro groups is 1. The number of nitro benzene ring substituents is 1. The molecule has 1 aromatic carbocycles. The molecule has 1 aliphatic heterocycles. The summed E-state index contributed by atoms with van der Waals surface area (Å²) < 4.78 is 5.19. The highest BCUT2D eigenvalue weighted by molar-refractivity contribution is 5.95. The zero-order valence-corrected chi connectivity index (χ0v) is 9.46. The van der Waals surface area contributed by atoms with Crippen LogP contribution in [0.4, 0.5) is 11.4 Å². The number of ether oxygens (including phenoxy) is 1. The summed E-state index contributed by atoms with van der Waals surface area (Å²) in [7, 11) is 0. The van der Waals surface area contributed by atoms with Crippen molar-refractivity contribution >= 4 is 17.3 Å². The van der Waals surface area contributed by atoms with Crippen molar-refractivity contribution in [2.75, 3.05) is 11.9 Å². The SMILES string of the molecule is O=C(Nc1ccc([N+](=O)[O-])cc1O)[C@H]1CCCO1. The third-order valence-electron chi connectivity index (χ3n) is 2.67. The highest BCUT2D eigenvalue weighted by Crippen LogP contribution is 2.28. The van der Waals surface area contributed by atoms with Gasteiger partial charge in [-0.2, -0.15) is 0 Å². The largest absolute Gasteiger partial charge is 0.506 e. The van der Waals surface area contributed by atoms with Crippen molar-refractivity contribution in [2.24, 2.45) is 0 Å². The van der Waals surface area contributed by atoms with Gasteiger partial charge in [0, 0.05) is 12.7 Å². The lowest BCUT2D eigenvalue weighted by atomic mass is 10.2. The number of benzene rings is 1. The van der Waals surface area contributed by atoms with Crippen LogP contribution in [-0.4, -0.2) is 28.6 Å². The van der Waals surface area contributed by atoms with Gasteiger partial charge in [0.1, 0.15) is 11.9 Å². The molecule has 0 bridgehead atoms. The fraction of sp³-hybridized carbons (Fsp3) is 0.364. The van der Waals surface area contributed by atoms with Gasteiger partial charge in [-0.05, 0) is 18.9 Å². The summed E-state index contributed by atoms with van der Waals surface area (Å²) >= 11 is 0. The van der Waals surface area contributed by atoms with Crippen molar-refractivity contribution in [3.8, 4) is 5.75 Å². The van der Waals surface area contributed by atoms with Crippen molar-refractivity contribution in [3.63, 3.8) is 0 Å². The first-order valence-corrected chi connectivity index (χ1v) is 5.48. The molecule has 2 N–H and O–H groups in total. The average Bonchev–Trinajstić information content (AvgIpc) is 2.85. The predicted molar refractivity (Wildman–Crippen MR) is 62.4 cm³/mol. The molecule has 18 heavy (non-hydrogen) atoms. The van der Waals surface area contributed by atoms with Gasteiger partial charge in [0.15, 0.2) is 0 Å². The van der Waals surface area contributed by atoms with Gasteiger partial charge in [-0.1, -0.05) is 0 Å². The number of amides is 1. The van der Waals surface area contributed by atoms with Crippen molar-refractivity contribution in [3.05, 3.63) is 28.3 Å². The third kappa shape index (κ3) is 2.57. The number of hydrogen-bond acceptors (Lipinski definition) is 5. The van der Waals surface area contributed by atoms with E-state index in [-0.39, 0.29) is 23.0 Å². The number of nitrogens with one attached hydrogen (secondary N) is 1. The summed E-state index contributed by atoms with van der Waals surface area (Å²) in [6.07, 6.45) is 0.948. The number of carbonyl (C=O) groups is 1. The van der Waals surface area contributed by atoms with Gasteiger partial charge >= 0.3 is 0 Å². The Balaban J connectivity index is 2.09. The minimum absolute atomic E-state index is 0.140. The first kappa shape index (κ1) is 12.3. The molecule has 7 nitrogen and oxygen atoms in total. The highest BCUT2D eigenvalue weighted by atomic mass is 16.6. The Hall–Kier alpha value is -2.15. The molecule has 1 amide bonds. The van der Waals surface area contributed by atoms with E-state index in [0.717, 1.165) is 12.5 Å². The second kappa shape index (κ2) is 5.01. The fourth-order valence-electron chi connectivity index (χ4n) is 1.74. The Kier molecular flexibility index (Phi) is 3.42. The van der Waals surface area contributed by atoms with Crippen LogP contribution >= 0.6 is 0 Å². The van der Waals surface area contributed by atoms with Crippen LogP contribution in [0.15, 0.2) is 18.2 Å². The van der Waals surface area contributed by atoms with E-state index in [1.54, 1.807) is 0 Å². The molecule has 0 radical (unpaired) electrons. The molecule has 0 saturated carbocycles. The van der Waals surface area contributed by atoms with E-state index in [1.165, 1.54) is 12.1 Å². The second-order valence-electron chi connectivity index (χ2n) is 3.95. The lowest BCUT2D eigenvalue weighted by molar-refractivity contribution is -0.384. The van der Waals surface area contributed by atoms with Gasteiger partial charge in [-0.3, -0.25) is 14.9 Å². The number of phenolic OH excluding ortho intramolecular Hbond substituents is 1. The molecule has 1 saturated heterocycles. The number of hydrogen-bond donors (Lipinski definition) is 2. The van der Waals surface area contributed by atoms with Gasteiger partial charge in [0.2, 0.25) is 0 Å². The van der Waals surface area contributed by atoms with Crippen LogP contribution in [0.5, 0.6) is 5.75 Å². The van der Waals surface area contributed by atoms with E-state index < -0.39 is 11.0 Å². The molecule has 1 aliphatic rings. The Labute approximate surface area is 103 Å². The Morgan fingerprint density at radius 1 is 1.56 bits per heavy atom. The maximum Gasteiger partial charge on any atom is 0.273 e. The Morgan fingerprint density at radius 3 is 2.89 bits per heavy atom. The van der Waals surface area contributed by atoms with E-state index in [9.17, 15) is 20.0 Å². The number of phenols is 1. The van der Waals surface area contributed by atoms with Gasteiger partial charge < -0.3 is 15.2 Å². The third-order valence-corrected chi connectivity index (χ3v) is 2.67. The molecular weight excluding hydrogens is 240 g/mol. The smallest absolute Gasteiger partial charge is 0.273 e. The normalized spacial score (nSPS) is 18.6. The fourth-order valence-corrected chi connectivity index (χ4v) is 1.74. The molecule has 96 valence electrons. The van der Waals surface area contributed by atoms with Crippen LogP contribution in [-0.2, 0) is 9.53 Å². The highest BCUT2D eigenvalue weighted by Gasteiger charge is 2.24. The minimum atomic E-state index is -0.620. The molecule has 1 aromatic rings. The summed E-state index contributed by atoms with van der Waals surface area (Å²) in [4.78, 5) is 21.6. The molecule has 0 aromatic heterocycles. The topological polar surface area (TPSA) is 102 Å².